The van der Waals surface area contributed by atoms with Crippen LogP contribution >= 0.6 is 0 Å². The molecule has 0 saturated carbocycles. The predicted octanol–water partition coefficient (Wildman–Crippen LogP) is -7.79. The fraction of sp³-hybridized carbons (Fsp3) is 0.800. The first kappa shape index (κ1) is 36.4. The molecule has 4 N–H and O–H groups in total. The first-order chi connectivity index (χ1) is 6.54. The van der Waals surface area contributed by atoms with E-state index >= 15 is 0 Å². The molecular weight excluding hydrogens is 262 g/mol. The topological polar surface area (TPSA) is 143 Å². The average Bonchev–Trinajstić information content (AvgIpc) is 2.12. The number of unbranched alkanes of at least 4 members (excludes halogenated alkanes) is 2. The van der Waals surface area contributed by atoms with Gasteiger partial charge in [-0.15, -0.1) is 0 Å². The third-order valence-electron chi connectivity index (χ3n) is 1.47. The fourth-order valence-electron chi connectivity index (χ4n) is 0.642. The van der Waals surface area contributed by atoms with Crippen molar-refractivity contribution in [1.29, 1.82) is 0 Å². The molecule has 18 heavy (non-hydrogen) atoms. The van der Waals surface area contributed by atoms with Gasteiger partial charge in [-0.3, -0.25) is 0 Å². The summed E-state index contributed by atoms with van der Waals surface area (Å²) in [7, 11) is 0. The maximum atomic E-state index is 9.65. The second kappa shape index (κ2) is 30.7. The molecule has 100 valence electrons. The van der Waals surface area contributed by atoms with Crippen molar-refractivity contribution in [2.45, 2.75) is 52.4 Å². The molecule has 0 radical (unpaired) electrons. The summed E-state index contributed by atoms with van der Waals surface area (Å²) in [6, 6.07) is 0. The van der Waals surface area contributed by atoms with Crippen LogP contribution in [-0.2, 0) is 9.59 Å². The first-order valence-corrected chi connectivity index (χ1v) is 4.94. The molecule has 0 spiro atoms. The van der Waals surface area contributed by atoms with Gasteiger partial charge in [-0.25, -0.2) is 0 Å². The van der Waals surface area contributed by atoms with Crippen LogP contribution in [0.25, 0.3) is 0 Å². The van der Waals surface area contributed by atoms with Gasteiger partial charge in [-0.1, -0.05) is 26.7 Å². The van der Waals surface area contributed by atoms with Crippen molar-refractivity contribution in [3.05, 3.63) is 0 Å². The minimum atomic E-state index is -0.943. The Labute approximate surface area is 153 Å². The smallest absolute Gasteiger partial charge is 0.550 e. The van der Waals surface area contributed by atoms with Crippen molar-refractivity contribution in [1.82, 2.24) is 0 Å². The zero-order valence-electron chi connectivity index (χ0n) is 11.9. The van der Waals surface area contributed by atoms with Gasteiger partial charge in [0, 0.05) is 11.9 Å². The number of carboxylic acid groups (broad SMARTS) is 2. The Morgan fingerprint density at radius 2 is 1.00 bits per heavy atom. The molecule has 6 nitrogen and oxygen atoms in total. The van der Waals surface area contributed by atoms with Crippen LogP contribution in [0.2, 0.25) is 0 Å². The Morgan fingerprint density at radius 3 is 1.06 bits per heavy atom. The second-order valence-electron chi connectivity index (χ2n) is 2.95. The number of carbonyl (C=O) groups excluding carboxylic acids is 2. The van der Waals surface area contributed by atoms with E-state index < -0.39 is 11.9 Å². The van der Waals surface area contributed by atoms with Crippen LogP contribution in [-0.4, -0.2) is 22.9 Å². The number of aliphatic carboxylic acids is 2. The molecule has 0 aromatic carbocycles. The molecule has 0 aliphatic carbocycles. The van der Waals surface area contributed by atoms with Crippen LogP contribution in [0, 0.1) is 0 Å². The molecule has 0 aromatic heterocycles. The van der Waals surface area contributed by atoms with E-state index in [2.05, 4.69) is 0 Å². The van der Waals surface area contributed by atoms with Crippen molar-refractivity contribution in [2.24, 2.45) is 0 Å². The summed E-state index contributed by atoms with van der Waals surface area (Å²) < 4.78 is 0. The normalized spacial score (nSPS) is 6.78. The van der Waals surface area contributed by atoms with Crippen LogP contribution in [0.4, 0.5) is 0 Å². The summed E-state index contributed by atoms with van der Waals surface area (Å²) in [5.41, 5.74) is 0. The molecule has 0 aromatic rings. The third kappa shape index (κ3) is 54.0. The molecule has 0 unspecified atom stereocenters. The van der Waals surface area contributed by atoms with E-state index in [1.54, 1.807) is 0 Å². The van der Waals surface area contributed by atoms with Gasteiger partial charge >= 0.3 is 59.1 Å². The van der Waals surface area contributed by atoms with Crippen LogP contribution in [0.1, 0.15) is 52.4 Å². The molecule has 0 amide bonds. The van der Waals surface area contributed by atoms with E-state index in [0.717, 1.165) is 25.7 Å². The number of hydrogen-bond donors (Lipinski definition) is 0. The zero-order chi connectivity index (χ0) is 11.4. The van der Waals surface area contributed by atoms with E-state index in [0.29, 0.717) is 0 Å². The standard InChI is InChI=1S/2C5H10O2.2Na.2H2O/c2*1-2-3-4-5(6)7;;;;/h2*2-4H2,1H3,(H,6,7);;;2*1H2/q;;2*+1;;/p-2. The summed E-state index contributed by atoms with van der Waals surface area (Å²) in [6.45, 7) is 3.89. The van der Waals surface area contributed by atoms with E-state index in [1.165, 1.54) is 0 Å². The van der Waals surface area contributed by atoms with Crippen LogP contribution in [0.5, 0.6) is 0 Å². The van der Waals surface area contributed by atoms with Gasteiger partial charge < -0.3 is 30.8 Å². The largest absolute Gasteiger partial charge is 1.00 e. The van der Waals surface area contributed by atoms with Gasteiger partial charge in [-0.05, 0) is 25.7 Å². The average molecular weight is 284 g/mol. The Hall–Kier alpha value is 0.860. The van der Waals surface area contributed by atoms with Crippen molar-refractivity contribution >= 4 is 11.9 Å². The van der Waals surface area contributed by atoms with E-state index in [9.17, 15) is 19.8 Å². The number of carboxylic acids is 2. The molecule has 0 fully saturated rings. The van der Waals surface area contributed by atoms with E-state index in [1.807, 2.05) is 13.8 Å². The summed E-state index contributed by atoms with van der Waals surface area (Å²) in [4.78, 5) is 19.3. The SMILES string of the molecule is CCCCC(=O)[O-].CCCCC(=O)[O-].O.O.[Na+].[Na+]. The molecule has 0 aliphatic heterocycles. The van der Waals surface area contributed by atoms with Crippen LogP contribution < -0.4 is 69.3 Å². The van der Waals surface area contributed by atoms with Gasteiger partial charge in [0.15, 0.2) is 0 Å². The maximum absolute atomic E-state index is 9.65. The Balaban J connectivity index is -0.0000000327. The molecule has 0 bridgehead atoms. The summed E-state index contributed by atoms with van der Waals surface area (Å²) in [6.07, 6.45) is 3.74. The molecule has 0 aliphatic rings. The zero-order valence-corrected chi connectivity index (χ0v) is 15.9. The van der Waals surface area contributed by atoms with Crippen LogP contribution in [0.3, 0.4) is 0 Å². The fourth-order valence-corrected chi connectivity index (χ4v) is 0.642. The monoisotopic (exact) mass is 284 g/mol. The van der Waals surface area contributed by atoms with Gasteiger partial charge in [0.2, 0.25) is 0 Å². The maximum Gasteiger partial charge on any atom is 1.00 e. The number of rotatable bonds is 6. The molecule has 8 heteroatoms. The molecule has 0 atom stereocenters. The van der Waals surface area contributed by atoms with Gasteiger partial charge in [0.1, 0.15) is 0 Å². The Kier molecular flexibility index (Phi) is 62.0. The minimum absolute atomic E-state index is 0. The van der Waals surface area contributed by atoms with Gasteiger partial charge in [0.25, 0.3) is 0 Å². The predicted molar refractivity (Wildman–Crippen MR) is 56.3 cm³/mol. The molecule has 0 heterocycles. The summed E-state index contributed by atoms with van der Waals surface area (Å²) in [5.74, 6) is -1.89. The quantitative estimate of drug-likeness (QED) is 0.446. The van der Waals surface area contributed by atoms with E-state index in [-0.39, 0.29) is 82.9 Å². The first-order valence-electron chi connectivity index (χ1n) is 4.94. The van der Waals surface area contributed by atoms with Crippen molar-refractivity contribution in [3.8, 4) is 0 Å². The Morgan fingerprint density at radius 1 is 0.778 bits per heavy atom. The Bertz CT molecular complexity index is 148. The van der Waals surface area contributed by atoms with Crippen molar-refractivity contribution in [3.63, 3.8) is 0 Å². The summed E-state index contributed by atoms with van der Waals surface area (Å²) in [5, 5.41) is 19.3. The minimum Gasteiger partial charge on any atom is -0.550 e. The third-order valence-corrected chi connectivity index (χ3v) is 1.47. The van der Waals surface area contributed by atoms with E-state index in [4.69, 9.17) is 0 Å². The second-order valence-corrected chi connectivity index (χ2v) is 2.95. The number of carbonyl (C=O) groups is 2. The van der Waals surface area contributed by atoms with Crippen molar-refractivity contribution in [2.75, 3.05) is 0 Å². The van der Waals surface area contributed by atoms with Crippen molar-refractivity contribution < 1.29 is 89.9 Å². The molecule has 0 rings (SSSR count). The summed E-state index contributed by atoms with van der Waals surface area (Å²) >= 11 is 0. The van der Waals surface area contributed by atoms with Gasteiger partial charge in [-0.2, -0.15) is 0 Å². The molecule has 0 saturated heterocycles. The molecular formula is C10H22Na2O6. The number of hydrogen-bond acceptors (Lipinski definition) is 4. The van der Waals surface area contributed by atoms with Gasteiger partial charge in [0.05, 0.1) is 0 Å². The van der Waals surface area contributed by atoms with Crippen LogP contribution in [0.15, 0.2) is 0 Å².